The lowest BCUT2D eigenvalue weighted by Gasteiger charge is -2.16. The molecule has 9 nitrogen and oxygen atoms in total. The molecule has 4 rings (SSSR count). The number of nitrogens with one attached hydrogen (secondary N) is 2. The third kappa shape index (κ3) is 5.81. The van der Waals surface area contributed by atoms with E-state index >= 15 is 0 Å². The number of nitrogens with zero attached hydrogens (tertiary/aromatic N) is 4. The molecule has 2 N–H and O–H groups in total. The number of rotatable bonds is 8. The lowest BCUT2D eigenvalue weighted by Crippen LogP contribution is -2.25. The summed E-state index contributed by atoms with van der Waals surface area (Å²) in [6.45, 7) is 4.68. The van der Waals surface area contributed by atoms with E-state index in [1.165, 1.54) is 11.8 Å². The molecular weight excluding hydrogens is 440 g/mol. The zero-order chi connectivity index (χ0) is 23.2. The van der Waals surface area contributed by atoms with Gasteiger partial charge in [0.2, 0.25) is 5.91 Å². The molecule has 33 heavy (non-hydrogen) atoms. The number of amides is 3. The maximum atomic E-state index is 12.6. The minimum absolute atomic E-state index is 0.0638. The van der Waals surface area contributed by atoms with Crippen LogP contribution in [0.25, 0.3) is 0 Å². The summed E-state index contributed by atoms with van der Waals surface area (Å²) >= 11 is 1.37. The van der Waals surface area contributed by atoms with E-state index in [-0.39, 0.29) is 24.1 Å². The predicted molar refractivity (Wildman–Crippen MR) is 129 cm³/mol. The third-order valence-electron chi connectivity index (χ3n) is 5.59. The Kier molecular flexibility index (Phi) is 7.43. The zero-order valence-electron chi connectivity index (χ0n) is 18.6. The van der Waals surface area contributed by atoms with Crippen molar-refractivity contribution >= 4 is 46.2 Å². The number of thioether (sulfide) groups is 1. The Morgan fingerprint density at radius 3 is 2.61 bits per heavy atom. The fourth-order valence-electron chi connectivity index (χ4n) is 3.75. The molecule has 1 atom stereocenters. The van der Waals surface area contributed by atoms with Gasteiger partial charge in [0.1, 0.15) is 11.1 Å². The number of hydrogen-bond donors (Lipinski definition) is 2. The van der Waals surface area contributed by atoms with Crippen LogP contribution in [0.5, 0.6) is 0 Å². The van der Waals surface area contributed by atoms with E-state index in [9.17, 15) is 14.4 Å². The highest BCUT2D eigenvalue weighted by molar-refractivity contribution is 8.15. The van der Waals surface area contributed by atoms with Crippen molar-refractivity contribution in [3.63, 3.8) is 0 Å². The number of likely N-dealkylation sites (tertiary alicyclic amines) is 1. The number of aliphatic imine (C=N–C) groups is 1. The van der Waals surface area contributed by atoms with Crippen LogP contribution in [0.4, 0.5) is 11.5 Å². The van der Waals surface area contributed by atoms with E-state index in [0.717, 1.165) is 50.5 Å². The summed E-state index contributed by atoms with van der Waals surface area (Å²) in [5.74, 6) is -0.0938. The normalized spacial score (nSPS) is 17.8. The molecule has 3 heterocycles. The van der Waals surface area contributed by atoms with E-state index in [1.807, 2.05) is 0 Å². The molecule has 1 fully saturated rings. The van der Waals surface area contributed by atoms with Crippen molar-refractivity contribution in [3.05, 3.63) is 42.1 Å². The summed E-state index contributed by atoms with van der Waals surface area (Å²) in [6.07, 6.45) is 5.96. The molecule has 10 heteroatoms. The summed E-state index contributed by atoms with van der Waals surface area (Å²) in [7, 11) is 0. The van der Waals surface area contributed by atoms with Gasteiger partial charge in [-0.2, -0.15) is 10.1 Å². The van der Waals surface area contributed by atoms with Gasteiger partial charge in [-0.3, -0.25) is 14.4 Å². The molecule has 2 aliphatic heterocycles. The molecule has 2 aliphatic rings. The second-order valence-electron chi connectivity index (χ2n) is 8.11. The number of aromatic nitrogens is 2. The fraction of sp³-hybridized carbons (Fsp3) is 0.435. The average Bonchev–Trinajstić information content (AvgIpc) is 3.55. The van der Waals surface area contributed by atoms with Crippen LogP contribution in [-0.2, 0) is 16.1 Å². The number of carbonyl (C=O) groups is 3. The molecule has 1 aromatic heterocycles. The highest BCUT2D eigenvalue weighted by Crippen LogP contribution is 2.29. The van der Waals surface area contributed by atoms with Crippen molar-refractivity contribution < 1.29 is 14.4 Å². The van der Waals surface area contributed by atoms with E-state index in [2.05, 4.69) is 32.5 Å². The first-order chi connectivity index (χ1) is 16.0. The Bertz CT molecular complexity index is 1040. The Morgan fingerprint density at radius 1 is 1.12 bits per heavy atom. The number of hydrogen-bond acceptors (Lipinski definition) is 6. The third-order valence-corrected chi connectivity index (χ3v) is 6.80. The molecule has 174 valence electrons. The highest BCUT2D eigenvalue weighted by Gasteiger charge is 2.33. The number of amidine groups is 1. The number of aryl methyl sites for hydroxylation is 1. The maximum Gasteiger partial charge on any atom is 0.262 e. The number of unbranched alkanes of at least 4 members (excludes halogenated alkanes) is 1. The molecule has 1 unspecified atom stereocenters. The van der Waals surface area contributed by atoms with Crippen LogP contribution in [0.2, 0.25) is 0 Å². The Hall–Kier alpha value is -3.14. The first-order valence-corrected chi connectivity index (χ1v) is 12.2. The van der Waals surface area contributed by atoms with Gasteiger partial charge in [0.15, 0.2) is 5.17 Å². The molecule has 3 amide bonds. The van der Waals surface area contributed by atoms with Crippen LogP contribution in [0.15, 0.2) is 41.5 Å². The quantitative estimate of drug-likeness (QED) is 0.615. The largest absolute Gasteiger partial charge is 0.351 e. The average molecular weight is 469 g/mol. The lowest BCUT2D eigenvalue weighted by atomic mass is 10.2. The Balaban J connectivity index is 1.28. The summed E-state index contributed by atoms with van der Waals surface area (Å²) < 4.78 is 1.77. The van der Waals surface area contributed by atoms with E-state index in [0.29, 0.717) is 17.1 Å². The van der Waals surface area contributed by atoms with Crippen LogP contribution in [-0.4, -0.2) is 55.9 Å². The standard InChI is InChI=1S/C23H28N6O3S/c1-2-3-14-29-19(10-11-24-29)26-21(31)16-6-8-17(9-7-16)25-20(30)15-18-22(32)27-23(33-18)28-12-4-5-13-28/h6-11,18H,2-5,12-15H2,1H3,(H,25,30)(H,26,31). The lowest BCUT2D eigenvalue weighted by molar-refractivity contribution is -0.121. The second-order valence-corrected chi connectivity index (χ2v) is 9.28. The summed E-state index contributed by atoms with van der Waals surface area (Å²) in [5, 5.41) is 10.2. The maximum absolute atomic E-state index is 12.6. The van der Waals surface area contributed by atoms with Crippen LogP contribution < -0.4 is 10.6 Å². The van der Waals surface area contributed by atoms with E-state index in [1.54, 1.807) is 41.2 Å². The van der Waals surface area contributed by atoms with Crippen molar-refractivity contribution in [1.82, 2.24) is 14.7 Å². The van der Waals surface area contributed by atoms with Crippen LogP contribution in [0, 0.1) is 0 Å². The van der Waals surface area contributed by atoms with Crippen molar-refractivity contribution in [1.29, 1.82) is 0 Å². The van der Waals surface area contributed by atoms with Gasteiger partial charge in [-0.05, 0) is 43.5 Å². The number of benzene rings is 1. The summed E-state index contributed by atoms with van der Waals surface area (Å²) in [6, 6.07) is 8.43. The van der Waals surface area contributed by atoms with Crippen LogP contribution in [0.3, 0.4) is 0 Å². The van der Waals surface area contributed by atoms with Gasteiger partial charge < -0.3 is 15.5 Å². The minimum atomic E-state index is -0.483. The molecule has 1 saturated heterocycles. The van der Waals surface area contributed by atoms with Crippen LogP contribution in [0.1, 0.15) is 49.4 Å². The molecular formula is C23H28N6O3S. The summed E-state index contributed by atoms with van der Waals surface area (Å²) in [5.41, 5.74) is 1.04. The van der Waals surface area contributed by atoms with Gasteiger partial charge in [-0.1, -0.05) is 25.1 Å². The van der Waals surface area contributed by atoms with Crippen molar-refractivity contribution in [2.75, 3.05) is 23.7 Å². The minimum Gasteiger partial charge on any atom is -0.351 e. The molecule has 0 radical (unpaired) electrons. The molecule has 0 saturated carbocycles. The molecule has 2 aromatic rings. The van der Waals surface area contributed by atoms with E-state index in [4.69, 9.17) is 0 Å². The van der Waals surface area contributed by atoms with Crippen molar-refractivity contribution in [2.24, 2.45) is 4.99 Å². The predicted octanol–water partition coefficient (Wildman–Crippen LogP) is 3.36. The first kappa shape index (κ1) is 23.0. The monoisotopic (exact) mass is 468 g/mol. The zero-order valence-corrected chi connectivity index (χ0v) is 19.4. The second kappa shape index (κ2) is 10.7. The SMILES string of the molecule is CCCCn1nccc1NC(=O)c1ccc(NC(=O)CC2SC(N3CCCC3)=NC2=O)cc1. The van der Waals surface area contributed by atoms with Gasteiger partial charge >= 0.3 is 0 Å². The molecule has 0 aliphatic carbocycles. The molecule has 1 aromatic carbocycles. The first-order valence-electron chi connectivity index (χ1n) is 11.3. The summed E-state index contributed by atoms with van der Waals surface area (Å²) in [4.78, 5) is 43.5. The van der Waals surface area contributed by atoms with Crippen molar-refractivity contribution in [2.45, 2.75) is 50.8 Å². The number of anilines is 2. The topological polar surface area (TPSA) is 109 Å². The van der Waals surface area contributed by atoms with Gasteiger partial charge in [0.05, 0.1) is 6.20 Å². The smallest absolute Gasteiger partial charge is 0.262 e. The Morgan fingerprint density at radius 2 is 1.88 bits per heavy atom. The van der Waals surface area contributed by atoms with Gasteiger partial charge in [0, 0.05) is 43.4 Å². The highest BCUT2D eigenvalue weighted by atomic mass is 32.2. The number of carbonyl (C=O) groups excluding carboxylic acids is 3. The van der Waals surface area contributed by atoms with E-state index < -0.39 is 5.25 Å². The van der Waals surface area contributed by atoms with Crippen LogP contribution >= 0.6 is 11.8 Å². The molecule has 0 bridgehead atoms. The van der Waals surface area contributed by atoms with Gasteiger partial charge in [-0.15, -0.1) is 0 Å². The van der Waals surface area contributed by atoms with Crippen molar-refractivity contribution in [3.8, 4) is 0 Å². The Labute approximate surface area is 197 Å². The molecule has 0 spiro atoms. The van der Waals surface area contributed by atoms with Gasteiger partial charge in [0.25, 0.3) is 11.8 Å². The van der Waals surface area contributed by atoms with Gasteiger partial charge in [-0.25, -0.2) is 4.68 Å². The fourth-order valence-corrected chi connectivity index (χ4v) is 4.87.